The van der Waals surface area contributed by atoms with Crippen LogP contribution in [0, 0.1) is 0 Å². The average Bonchev–Trinajstić information content (AvgIpc) is 2.67. The van der Waals surface area contributed by atoms with Gasteiger partial charge in [0.05, 0.1) is 32.2 Å². The Morgan fingerprint density at radius 1 is 1.24 bits per heavy atom. The van der Waals surface area contributed by atoms with Crippen LogP contribution in [-0.4, -0.2) is 36.6 Å². The molecule has 0 spiro atoms. The Morgan fingerprint density at radius 3 is 2.72 bits per heavy atom. The van der Waals surface area contributed by atoms with Gasteiger partial charge in [0.1, 0.15) is 11.4 Å². The van der Waals surface area contributed by atoms with E-state index in [9.17, 15) is 13.6 Å². The molecule has 0 saturated heterocycles. The van der Waals surface area contributed by atoms with E-state index in [1.165, 1.54) is 25.6 Å². The maximum Gasteiger partial charge on any atom is 0.280 e. The smallest absolute Gasteiger partial charge is 0.280 e. The SMILES string of the molecule is COc1cnc(C(F)F)cc1-c1cc(C2=CCOCC2)ncc1C=O. The van der Waals surface area contributed by atoms with Crippen LogP contribution < -0.4 is 4.74 Å². The molecule has 25 heavy (non-hydrogen) atoms. The Bertz CT molecular complexity index is 822. The highest BCUT2D eigenvalue weighted by Crippen LogP contribution is 2.35. The molecule has 130 valence electrons. The number of nitrogens with zero attached hydrogens (tertiary/aromatic N) is 2. The Balaban J connectivity index is 2.16. The summed E-state index contributed by atoms with van der Waals surface area (Å²) in [4.78, 5) is 19.4. The second-order valence-electron chi connectivity index (χ2n) is 5.44. The maximum atomic E-state index is 13.0. The highest BCUT2D eigenvalue weighted by molar-refractivity contribution is 5.90. The van der Waals surface area contributed by atoms with Gasteiger partial charge in [-0.05, 0) is 29.7 Å². The van der Waals surface area contributed by atoms with E-state index >= 15 is 0 Å². The summed E-state index contributed by atoms with van der Waals surface area (Å²) in [6.45, 7) is 1.09. The zero-order valence-electron chi connectivity index (χ0n) is 13.5. The summed E-state index contributed by atoms with van der Waals surface area (Å²) in [5, 5.41) is 0. The molecule has 0 N–H and O–H groups in total. The zero-order valence-corrected chi connectivity index (χ0v) is 13.5. The molecule has 0 bridgehead atoms. The molecule has 3 rings (SSSR count). The highest BCUT2D eigenvalue weighted by atomic mass is 19.3. The van der Waals surface area contributed by atoms with E-state index in [2.05, 4.69) is 9.97 Å². The van der Waals surface area contributed by atoms with Crippen molar-refractivity contribution in [3.8, 4) is 16.9 Å². The second kappa shape index (κ2) is 7.48. The van der Waals surface area contributed by atoms with E-state index in [1.54, 1.807) is 6.07 Å². The van der Waals surface area contributed by atoms with Gasteiger partial charge in [-0.25, -0.2) is 8.78 Å². The molecule has 1 aliphatic rings. The minimum Gasteiger partial charge on any atom is -0.494 e. The number of hydrogen-bond donors (Lipinski definition) is 0. The van der Waals surface area contributed by atoms with Crippen molar-refractivity contribution >= 4 is 11.9 Å². The van der Waals surface area contributed by atoms with E-state index in [4.69, 9.17) is 9.47 Å². The quantitative estimate of drug-likeness (QED) is 0.773. The lowest BCUT2D eigenvalue weighted by Crippen LogP contribution is -2.06. The number of carbonyl (C=O) groups excluding carboxylic acids is 1. The van der Waals surface area contributed by atoms with Gasteiger partial charge >= 0.3 is 0 Å². The van der Waals surface area contributed by atoms with Gasteiger partial charge in [-0.1, -0.05) is 6.08 Å². The molecule has 0 saturated carbocycles. The molecule has 0 aromatic carbocycles. The van der Waals surface area contributed by atoms with E-state index in [1.807, 2.05) is 6.08 Å². The van der Waals surface area contributed by atoms with Crippen LogP contribution in [0.25, 0.3) is 16.7 Å². The molecular formula is C18H16F2N2O3. The molecule has 0 amide bonds. The lowest BCUT2D eigenvalue weighted by molar-refractivity contribution is 0.112. The van der Waals surface area contributed by atoms with Crippen LogP contribution in [0.5, 0.6) is 5.75 Å². The van der Waals surface area contributed by atoms with E-state index in [0.29, 0.717) is 54.1 Å². The van der Waals surface area contributed by atoms with Gasteiger partial charge in [0.25, 0.3) is 6.43 Å². The topological polar surface area (TPSA) is 61.3 Å². The fourth-order valence-electron chi connectivity index (χ4n) is 2.68. The Kier molecular flexibility index (Phi) is 5.14. The molecule has 5 nitrogen and oxygen atoms in total. The van der Waals surface area contributed by atoms with E-state index in [0.717, 1.165) is 5.57 Å². The first kappa shape index (κ1) is 17.2. The number of rotatable bonds is 5. The van der Waals surface area contributed by atoms with E-state index < -0.39 is 6.43 Å². The number of ether oxygens (including phenoxy) is 2. The summed E-state index contributed by atoms with van der Waals surface area (Å²) in [6.07, 6.45) is 3.22. The summed E-state index contributed by atoms with van der Waals surface area (Å²) in [7, 11) is 1.42. The largest absolute Gasteiger partial charge is 0.494 e. The van der Waals surface area contributed by atoms with Crippen molar-refractivity contribution in [1.29, 1.82) is 0 Å². The fraction of sp³-hybridized carbons (Fsp3) is 0.278. The van der Waals surface area contributed by atoms with Crippen LogP contribution in [0.2, 0.25) is 0 Å². The number of halogens is 2. The summed E-state index contributed by atoms with van der Waals surface area (Å²) in [5.74, 6) is 0.311. The standard InChI is InChI=1S/C18H16F2N2O3/c1-24-17-9-22-16(18(19)20)7-14(17)13-6-15(21-8-12(13)10-23)11-2-4-25-5-3-11/h2,6-10,18H,3-5H2,1H3. The first-order valence-electron chi connectivity index (χ1n) is 7.69. The lowest BCUT2D eigenvalue weighted by atomic mass is 9.97. The normalized spacial score (nSPS) is 14.3. The number of pyridine rings is 2. The number of aldehydes is 1. The molecule has 0 atom stereocenters. The minimum atomic E-state index is -2.72. The van der Waals surface area contributed by atoms with E-state index in [-0.39, 0.29) is 5.69 Å². The van der Waals surface area contributed by atoms with Gasteiger partial charge in [-0.3, -0.25) is 14.8 Å². The number of carbonyl (C=O) groups is 1. The summed E-state index contributed by atoms with van der Waals surface area (Å²) in [5.41, 5.74) is 2.45. The van der Waals surface area contributed by atoms with Crippen molar-refractivity contribution in [3.63, 3.8) is 0 Å². The molecule has 0 fully saturated rings. The van der Waals surface area contributed by atoms with Crippen molar-refractivity contribution < 1.29 is 23.0 Å². The van der Waals surface area contributed by atoms with Gasteiger partial charge < -0.3 is 9.47 Å². The monoisotopic (exact) mass is 346 g/mol. The lowest BCUT2D eigenvalue weighted by Gasteiger charge is -2.16. The maximum absolute atomic E-state index is 13.0. The highest BCUT2D eigenvalue weighted by Gasteiger charge is 2.18. The van der Waals surface area contributed by atoms with Gasteiger partial charge in [-0.15, -0.1) is 0 Å². The van der Waals surface area contributed by atoms with Crippen LogP contribution >= 0.6 is 0 Å². The molecule has 3 heterocycles. The first-order valence-corrected chi connectivity index (χ1v) is 7.69. The third-order valence-corrected chi connectivity index (χ3v) is 3.98. The van der Waals surface area contributed by atoms with Crippen LogP contribution in [0.4, 0.5) is 8.78 Å². The predicted octanol–water partition coefficient (Wildman–Crippen LogP) is 3.71. The van der Waals surface area contributed by atoms with Gasteiger partial charge in [0.2, 0.25) is 0 Å². The van der Waals surface area contributed by atoms with Gasteiger partial charge in [0.15, 0.2) is 6.29 Å². The van der Waals surface area contributed by atoms with Crippen molar-refractivity contribution in [2.24, 2.45) is 0 Å². The predicted molar refractivity (Wildman–Crippen MR) is 87.8 cm³/mol. The van der Waals surface area contributed by atoms with Crippen molar-refractivity contribution in [2.75, 3.05) is 20.3 Å². The van der Waals surface area contributed by atoms with Crippen LogP contribution in [0.15, 0.2) is 30.6 Å². The minimum absolute atomic E-state index is 0.293. The first-order chi connectivity index (χ1) is 12.1. The molecule has 1 aliphatic heterocycles. The van der Waals surface area contributed by atoms with Gasteiger partial charge in [0, 0.05) is 17.3 Å². The summed E-state index contributed by atoms with van der Waals surface area (Å²) in [6, 6.07) is 2.96. The number of alkyl halides is 2. The Hall–Kier alpha value is -2.67. The Labute approximate surface area is 143 Å². The molecule has 2 aromatic heterocycles. The summed E-state index contributed by atoms with van der Waals surface area (Å²) >= 11 is 0. The third kappa shape index (κ3) is 3.56. The van der Waals surface area contributed by atoms with Crippen LogP contribution in [0.1, 0.15) is 34.6 Å². The summed E-state index contributed by atoms with van der Waals surface area (Å²) < 4.78 is 36.6. The molecule has 7 heteroatoms. The second-order valence-corrected chi connectivity index (χ2v) is 5.44. The Morgan fingerprint density at radius 2 is 2.08 bits per heavy atom. The van der Waals surface area contributed by atoms with Crippen LogP contribution in [-0.2, 0) is 4.74 Å². The number of hydrogen-bond acceptors (Lipinski definition) is 5. The molecule has 0 radical (unpaired) electrons. The molecule has 0 unspecified atom stereocenters. The average molecular weight is 346 g/mol. The van der Waals surface area contributed by atoms with Crippen molar-refractivity contribution in [1.82, 2.24) is 9.97 Å². The molecular weight excluding hydrogens is 330 g/mol. The molecule has 0 aliphatic carbocycles. The van der Waals surface area contributed by atoms with Crippen molar-refractivity contribution in [3.05, 3.63) is 47.6 Å². The third-order valence-electron chi connectivity index (χ3n) is 3.98. The van der Waals surface area contributed by atoms with Crippen LogP contribution in [0.3, 0.4) is 0 Å². The van der Waals surface area contributed by atoms with Crippen molar-refractivity contribution in [2.45, 2.75) is 12.8 Å². The fourth-order valence-corrected chi connectivity index (χ4v) is 2.68. The van der Waals surface area contributed by atoms with Gasteiger partial charge in [-0.2, -0.15) is 0 Å². The number of aromatic nitrogens is 2. The number of methoxy groups -OCH3 is 1. The molecule has 2 aromatic rings. The zero-order chi connectivity index (χ0) is 17.8.